The molecular weight excluding hydrogens is 282 g/mol. The fourth-order valence-corrected chi connectivity index (χ4v) is 2.79. The highest BCUT2D eigenvalue weighted by Gasteiger charge is 2.24. The van der Waals surface area contributed by atoms with E-state index in [0.717, 1.165) is 23.3 Å². The second kappa shape index (κ2) is 6.06. The monoisotopic (exact) mass is 297 g/mol. The third kappa shape index (κ3) is 3.11. The number of hydrogen-bond donors (Lipinski definition) is 0. The molecular formula is C17H15NO2S. The van der Waals surface area contributed by atoms with E-state index in [1.807, 2.05) is 29.6 Å². The maximum Gasteiger partial charge on any atom is 0.363 e. The molecule has 0 aliphatic carbocycles. The van der Waals surface area contributed by atoms with E-state index >= 15 is 0 Å². The normalized spacial score (nSPS) is 16.1. The van der Waals surface area contributed by atoms with E-state index in [2.05, 4.69) is 24.0 Å². The van der Waals surface area contributed by atoms with E-state index in [1.54, 1.807) is 17.4 Å². The van der Waals surface area contributed by atoms with Gasteiger partial charge in [0.2, 0.25) is 5.90 Å². The van der Waals surface area contributed by atoms with Crippen LogP contribution in [-0.2, 0) is 16.0 Å². The molecule has 1 aromatic heterocycles. The van der Waals surface area contributed by atoms with Gasteiger partial charge in [0.25, 0.3) is 0 Å². The number of thiophene rings is 1. The molecule has 0 saturated carbocycles. The van der Waals surface area contributed by atoms with Gasteiger partial charge in [-0.2, -0.15) is 0 Å². The molecule has 0 amide bonds. The number of benzene rings is 1. The number of rotatable bonds is 4. The second-order valence-electron chi connectivity index (χ2n) is 4.80. The van der Waals surface area contributed by atoms with Crippen LogP contribution in [0.2, 0.25) is 0 Å². The van der Waals surface area contributed by atoms with Crippen molar-refractivity contribution in [3.63, 3.8) is 0 Å². The highest BCUT2D eigenvalue weighted by Crippen LogP contribution is 2.21. The number of cyclic esters (lactones) is 1. The van der Waals surface area contributed by atoms with Gasteiger partial charge in [-0.1, -0.05) is 31.5 Å². The zero-order chi connectivity index (χ0) is 14.7. The molecule has 2 aromatic rings. The topological polar surface area (TPSA) is 38.7 Å². The molecule has 0 saturated heterocycles. The van der Waals surface area contributed by atoms with Gasteiger partial charge in [-0.25, -0.2) is 9.79 Å². The average molecular weight is 297 g/mol. The van der Waals surface area contributed by atoms with Crippen molar-refractivity contribution in [2.24, 2.45) is 4.99 Å². The minimum absolute atomic E-state index is 0.352. The number of ether oxygens (including phenoxy) is 1. The molecule has 21 heavy (non-hydrogen) atoms. The molecule has 0 fully saturated rings. The van der Waals surface area contributed by atoms with Crippen molar-refractivity contribution >= 4 is 29.3 Å². The van der Waals surface area contributed by atoms with Crippen LogP contribution in [0.15, 0.2) is 52.5 Å². The van der Waals surface area contributed by atoms with Gasteiger partial charge >= 0.3 is 5.97 Å². The van der Waals surface area contributed by atoms with E-state index in [1.165, 1.54) is 5.56 Å². The molecule has 1 aliphatic rings. The molecule has 0 radical (unpaired) electrons. The Morgan fingerprint density at radius 1 is 1.24 bits per heavy atom. The minimum atomic E-state index is -0.393. The van der Waals surface area contributed by atoms with Crippen LogP contribution in [0.4, 0.5) is 0 Å². The Kier molecular flexibility index (Phi) is 3.97. The second-order valence-corrected chi connectivity index (χ2v) is 5.78. The number of carbonyl (C=O) groups excluding carboxylic acids is 1. The maximum absolute atomic E-state index is 11.9. The summed E-state index contributed by atoms with van der Waals surface area (Å²) in [7, 11) is 0. The van der Waals surface area contributed by atoms with E-state index in [0.29, 0.717) is 11.6 Å². The van der Waals surface area contributed by atoms with Crippen molar-refractivity contribution in [3.05, 3.63) is 63.5 Å². The zero-order valence-corrected chi connectivity index (χ0v) is 12.5. The Balaban J connectivity index is 1.84. The van der Waals surface area contributed by atoms with Gasteiger partial charge in [0.15, 0.2) is 5.70 Å². The quantitative estimate of drug-likeness (QED) is 0.631. The zero-order valence-electron chi connectivity index (χ0n) is 11.7. The Labute approximate surface area is 127 Å². The van der Waals surface area contributed by atoms with Gasteiger partial charge < -0.3 is 4.74 Å². The molecule has 3 nitrogen and oxygen atoms in total. The van der Waals surface area contributed by atoms with Crippen LogP contribution in [0.25, 0.3) is 6.08 Å². The molecule has 0 bridgehead atoms. The van der Waals surface area contributed by atoms with Crippen LogP contribution in [0.5, 0.6) is 0 Å². The predicted molar refractivity (Wildman–Crippen MR) is 85.4 cm³/mol. The fraction of sp³-hybridized carbons (Fsp3) is 0.176. The van der Waals surface area contributed by atoms with Crippen molar-refractivity contribution in [2.75, 3.05) is 0 Å². The Morgan fingerprint density at radius 3 is 2.71 bits per heavy atom. The largest absolute Gasteiger partial charge is 0.402 e. The molecule has 0 N–H and O–H groups in total. The average Bonchev–Trinajstić information content (AvgIpc) is 3.11. The van der Waals surface area contributed by atoms with Crippen molar-refractivity contribution in [1.82, 2.24) is 0 Å². The van der Waals surface area contributed by atoms with E-state index in [4.69, 9.17) is 4.74 Å². The summed E-state index contributed by atoms with van der Waals surface area (Å²) in [4.78, 5) is 17.1. The SMILES string of the molecule is CCCc1ccc(C2=NC(=Cc3cccs3)C(=O)O2)cc1. The van der Waals surface area contributed by atoms with Crippen LogP contribution < -0.4 is 0 Å². The first-order valence-corrected chi connectivity index (χ1v) is 7.79. The summed E-state index contributed by atoms with van der Waals surface area (Å²) in [5.41, 5.74) is 2.46. The van der Waals surface area contributed by atoms with Gasteiger partial charge in [-0.15, -0.1) is 11.3 Å². The lowest BCUT2D eigenvalue weighted by Crippen LogP contribution is -2.05. The number of aryl methyl sites for hydroxylation is 1. The van der Waals surface area contributed by atoms with Gasteiger partial charge in [-0.3, -0.25) is 0 Å². The lowest BCUT2D eigenvalue weighted by atomic mass is 10.1. The Morgan fingerprint density at radius 2 is 2.05 bits per heavy atom. The molecule has 3 rings (SSSR count). The molecule has 106 valence electrons. The molecule has 1 aromatic carbocycles. The van der Waals surface area contributed by atoms with Gasteiger partial charge in [-0.05, 0) is 41.6 Å². The van der Waals surface area contributed by atoms with Crippen LogP contribution in [0.1, 0.15) is 29.3 Å². The van der Waals surface area contributed by atoms with Gasteiger partial charge in [0.1, 0.15) is 0 Å². The summed E-state index contributed by atoms with van der Waals surface area (Å²) in [6, 6.07) is 11.9. The van der Waals surface area contributed by atoms with Crippen LogP contribution in [0.3, 0.4) is 0 Å². The van der Waals surface area contributed by atoms with E-state index in [9.17, 15) is 4.79 Å². The first-order valence-electron chi connectivity index (χ1n) is 6.91. The molecule has 2 heterocycles. The number of carbonyl (C=O) groups is 1. The van der Waals surface area contributed by atoms with Gasteiger partial charge in [0.05, 0.1) is 0 Å². The lowest BCUT2D eigenvalue weighted by molar-refractivity contribution is -0.129. The number of hydrogen-bond acceptors (Lipinski definition) is 4. The summed E-state index contributed by atoms with van der Waals surface area (Å²) in [5, 5.41) is 1.96. The highest BCUT2D eigenvalue weighted by atomic mass is 32.1. The third-order valence-electron chi connectivity index (χ3n) is 3.18. The summed E-state index contributed by atoms with van der Waals surface area (Å²) >= 11 is 1.56. The smallest absolute Gasteiger partial charge is 0.363 e. The molecule has 0 atom stereocenters. The molecule has 0 spiro atoms. The number of aliphatic imine (C=N–C) groups is 1. The number of esters is 1. The van der Waals surface area contributed by atoms with Gasteiger partial charge in [0, 0.05) is 10.4 Å². The summed E-state index contributed by atoms with van der Waals surface area (Å²) in [6.45, 7) is 2.15. The van der Waals surface area contributed by atoms with E-state index < -0.39 is 5.97 Å². The molecule has 0 unspecified atom stereocenters. The fourth-order valence-electron chi connectivity index (χ4n) is 2.14. The van der Waals surface area contributed by atoms with Crippen LogP contribution in [0, 0.1) is 0 Å². The summed E-state index contributed by atoms with van der Waals surface area (Å²) in [6.07, 6.45) is 3.92. The Bertz CT molecular complexity index is 697. The minimum Gasteiger partial charge on any atom is -0.402 e. The van der Waals surface area contributed by atoms with Crippen molar-refractivity contribution in [2.45, 2.75) is 19.8 Å². The lowest BCUT2D eigenvalue weighted by Gasteiger charge is -2.01. The van der Waals surface area contributed by atoms with E-state index in [-0.39, 0.29) is 0 Å². The number of nitrogens with zero attached hydrogens (tertiary/aromatic N) is 1. The first kappa shape index (κ1) is 13.8. The molecule has 4 heteroatoms. The predicted octanol–water partition coefficient (Wildman–Crippen LogP) is 4.05. The van der Waals surface area contributed by atoms with Crippen LogP contribution >= 0.6 is 11.3 Å². The Hall–Kier alpha value is -2.20. The van der Waals surface area contributed by atoms with Crippen molar-refractivity contribution in [3.8, 4) is 0 Å². The maximum atomic E-state index is 11.9. The summed E-state index contributed by atoms with van der Waals surface area (Å²) in [5.74, 6) is -0.0121. The van der Waals surface area contributed by atoms with Crippen molar-refractivity contribution in [1.29, 1.82) is 0 Å². The summed E-state index contributed by atoms with van der Waals surface area (Å²) < 4.78 is 5.26. The van der Waals surface area contributed by atoms with Crippen molar-refractivity contribution < 1.29 is 9.53 Å². The first-order chi connectivity index (χ1) is 10.3. The third-order valence-corrected chi connectivity index (χ3v) is 4.00. The van der Waals surface area contributed by atoms with Crippen LogP contribution in [-0.4, -0.2) is 11.9 Å². The molecule has 1 aliphatic heterocycles. The highest BCUT2D eigenvalue weighted by molar-refractivity contribution is 7.10. The standard InChI is InChI=1S/C17H15NO2S/c1-2-4-12-6-8-13(9-7-12)16-18-15(17(19)20-16)11-14-5-3-10-21-14/h3,5-11H,2,4H2,1H3.